The number of likely N-dealkylation sites (tertiary alicyclic amines) is 1. The van der Waals surface area contributed by atoms with Crippen LogP contribution in [0.5, 0.6) is 0 Å². The zero-order chi connectivity index (χ0) is 14.7. The highest BCUT2D eigenvalue weighted by atomic mass is 16.5. The molecule has 0 aliphatic carbocycles. The van der Waals surface area contributed by atoms with E-state index in [0.717, 1.165) is 19.4 Å². The molecule has 0 saturated carbocycles. The molecule has 2 amide bonds. The van der Waals surface area contributed by atoms with Crippen molar-refractivity contribution >= 4 is 12.0 Å². The molecule has 20 heavy (non-hydrogen) atoms. The van der Waals surface area contributed by atoms with Gasteiger partial charge in [0.15, 0.2) is 0 Å². The zero-order valence-electron chi connectivity index (χ0n) is 11.7. The largest absolute Gasteiger partial charge is 0.480 e. The van der Waals surface area contributed by atoms with Crippen molar-refractivity contribution in [2.24, 2.45) is 0 Å². The van der Waals surface area contributed by atoms with Gasteiger partial charge >= 0.3 is 12.0 Å². The Hall–Kier alpha value is -1.34. The molecule has 114 valence electrons. The Morgan fingerprint density at radius 2 is 2.20 bits per heavy atom. The summed E-state index contributed by atoms with van der Waals surface area (Å²) in [6.45, 7) is 3.63. The minimum atomic E-state index is -1.07. The molecule has 2 fully saturated rings. The maximum Gasteiger partial charge on any atom is 0.326 e. The predicted octanol–water partition coefficient (Wildman–Crippen LogP) is 0.127. The molecule has 7 nitrogen and oxygen atoms in total. The number of urea groups is 1. The smallest absolute Gasteiger partial charge is 0.326 e. The Kier molecular flexibility index (Phi) is 4.82. The molecule has 0 aromatic rings. The minimum absolute atomic E-state index is 0.0368. The van der Waals surface area contributed by atoms with E-state index in [1.807, 2.05) is 6.92 Å². The molecule has 2 saturated heterocycles. The van der Waals surface area contributed by atoms with Crippen LogP contribution < -0.4 is 0 Å². The number of hydrogen-bond acceptors (Lipinski definition) is 4. The molecule has 0 radical (unpaired) electrons. The van der Waals surface area contributed by atoms with E-state index in [4.69, 9.17) is 9.84 Å². The molecule has 0 bridgehead atoms. The van der Waals surface area contributed by atoms with Gasteiger partial charge < -0.3 is 24.7 Å². The molecular formula is C13H22N2O5. The summed E-state index contributed by atoms with van der Waals surface area (Å²) in [5.41, 5.74) is 0. The number of carbonyl (C=O) groups excluding carboxylic acids is 1. The van der Waals surface area contributed by atoms with Crippen LogP contribution in [0.3, 0.4) is 0 Å². The van der Waals surface area contributed by atoms with Crippen LogP contribution in [0, 0.1) is 0 Å². The fourth-order valence-electron chi connectivity index (χ4n) is 2.82. The van der Waals surface area contributed by atoms with Crippen molar-refractivity contribution in [2.75, 3.05) is 26.2 Å². The summed E-state index contributed by atoms with van der Waals surface area (Å²) in [6, 6.07) is -1.26. The highest BCUT2D eigenvalue weighted by Gasteiger charge is 2.40. The Morgan fingerprint density at radius 3 is 2.75 bits per heavy atom. The maximum atomic E-state index is 12.4. The molecule has 2 N–H and O–H groups in total. The van der Waals surface area contributed by atoms with Gasteiger partial charge in [-0.05, 0) is 19.8 Å². The standard InChI is InChI=1S/C13H22N2O5/c1-2-14(8-10-4-3-5-20-10)13(19)15-7-9(16)6-11(15)12(17)18/h9-11,16H,2-8H2,1H3,(H,17,18)/t9-,10?,11-/m0/s1. The van der Waals surface area contributed by atoms with Crippen molar-refractivity contribution in [3.05, 3.63) is 0 Å². The second-order valence-electron chi connectivity index (χ2n) is 5.35. The van der Waals surface area contributed by atoms with Crippen LogP contribution >= 0.6 is 0 Å². The van der Waals surface area contributed by atoms with E-state index in [0.29, 0.717) is 13.1 Å². The third kappa shape index (κ3) is 3.21. The number of amides is 2. The van der Waals surface area contributed by atoms with E-state index in [2.05, 4.69) is 0 Å². The first-order chi connectivity index (χ1) is 9.52. The molecular weight excluding hydrogens is 264 g/mol. The number of carboxylic acids is 1. The Morgan fingerprint density at radius 1 is 1.45 bits per heavy atom. The number of carboxylic acid groups (broad SMARTS) is 1. The number of aliphatic hydroxyl groups excluding tert-OH is 1. The lowest BCUT2D eigenvalue weighted by molar-refractivity contribution is -0.141. The minimum Gasteiger partial charge on any atom is -0.480 e. The van der Waals surface area contributed by atoms with Gasteiger partial charge in [-0.2, -0.15) is 0 Å². The van der Waals surface area contributed by atoms with Crippen molar-refractivity contribution in [2.45, 2.75) is 44.4 Å². The third-order valence-corrected chi connectivity index (χ3v) is 3.91. The van der Waals surface area contributed by atoms with Crippen molar-refractivity contribution < 1.29 is 24.5 Å². The normalized spacial score (nSPS) is 29.7. The van der Waals surface area contributed by atoms with E-state index in [-0.39, 0.29) is 25.1 Å². The summed E-state index contributed by atoms with van der Waals surface area (Å²) < 4.78 is 5.52. The molecule has 0 aromatic heterocycles. The van der Waals surface area contributed by atoms with Crippen LogP contribution in [0.1, 0.15) is 26.2 Å². The number of β-amino-alcohol motifs (C(OH)–C–C–N with tert-alkyl or cyclic N) is 1. The van der Waals surface area contributed by atoms with Gasteiger partial charge in [0.25, 0.3) is 0 Å². The third-order valence-electron chi connectivity index (χ3n) is 3.91. The first-order valence-electron chi connectivity index (χ1n) is 7.11. The second kappa shape index (κ2) is 6.41. The van der Waals surface area contributed by atoms with Crippen LogP contribution in [0.25, 0.3) is 0 Å². The highest BCUT2D eigenvalue weighted by molar-refractivity contribution is 5.83. The molecule has 0 spiro atoms. The van der Waals surface area contributed by atoms with Gasteiger partial charge in [0.05, 0.1) is 12.2 Å². The lowest BCUT2D eigenvalue weighted by Crippen LogP contribution is -2.50. The summed E-state index contributed by atoms with van der Waals surface area (Å²) >= 11 is 0. The average Bonchev–Trinajstić information content (AvgIpc) is 3.04. The number of aliphatic hydroxyl groups is 1. The Balaban J connectivity index is 2.01. The lowest BCUT2D eigenvalue weighted by atomic mass is 10.2. The van der Waals surface area contributed by atoms with Crippen LogP contribution in [0.4, 0.5) is 4.79 Å². The van der Waals surface area contributed by atoms with E-state index >= 15 is 0 Å². The number of rotatable bonds is 4. The van der Waals surface area contributed by atoms with Crippen molar-refractivity contribution in [3.63, 3.8) is 0 Å². The molecule has 0 aromatic carbocycles. The zero-order valence-corrected chi connectivity index (χ0v) is 11.7. The first-order valence-corrected chi connectivity index (χ1v) is 7.11. The van der Waals surface area contributed by atoms with Gasteiger partial charge in [-0.15, -0.1) is 0 Å². The molecule has 1 unspecified atom stereocenters. The van der Waals surface area contributed by atoms with Gasteiger partial charge in [-0.25, -0.2) is 9.59 Å². The van der Waals surface area contributed by atoms with Gasteiger partial charge in [0.2, 0.25) is 0 Å². The van der Waals surface area contributed by atoms with Crippen molar-refractivity contribution in [1.82, 2.24) is 9.80 Å². The van der Waals surface area contributed by atoms with E-state index < -0.39 is 18.1 Å². The number of aliphatic carboxylic acids is 1. The Labute approximate surface area is 118 Å². The second-order valence-corrected chi connectivity index (χ2v) is 5.35. The number of likely N-dealkylation sites (N-methyl/N-ethyl adjacent to an activating group) is 1. The van der Waals surface area contributed by atoms with E-state index in [9.17, 15) is 14.7 Å². The molecule has 7 heteroatoms. The number of nitrogens with zero attached hydrogens (tertiary/aromatic N) is 2. The molecule has 2 aliphatic heterocycles. The average molecular weight is 286 g/mol. The molecule has 2 rings (SSSR count). The van der Waals surface area contributed by atoms with Crippen molar-refractivity contribution in [1.29, 1.82) is 0 Å². The highest BCUT2D eigenvalue weighted by Crippen LogP contribution is 2.21. The predicted molar refractivity (Wildman–Crippen MR) is 70.4 cm³/mol. The summed E-state index contributed by atoms with van der Waals surface area (Å²) in [6.07, 6.45) is 1.29. The van der Waals surface area contributed by atoms with Crippen LogP contribution in [0.15, 0.2) is 0 Å². The lowest BCUT2D eigenvalue weighted by Gasteiger charge is -2.30. The van der Waals surface area contributed by atoms with Gasteiger partial charge in [0.1, 0.15) is 6.04 Å². The summed E-state index contributed by atoms with van der Waals surface area (Å²) in [5, 5.41) is 18.7. The summed E-state index contributed by atoms with van der Waals surface area (Å²) in [4.78, 5) is 26.5. The van der Waals surface area contributed by atoms with Crippen LogP contribution in [-0.2, 0) is 9.53 Å². The van der Waals surface area contributed by atoms with Crippen LogP contribution in [-0.4, -0.2) is 76.5 Å². The number of carbonyl (C=O) groups is 2. The summed E-state index contributed by atoms with van der Waals surface area (Å²) in [5.74, 6) is -1.07. The summed E-state index contributed by atoms with van der Waals surface area (Å²) in [7, 11) is 0. The van der Waals surface area contributed by atoms with Gasteiger partial charge in [0, 0.05) is 32.7 Å². The maximum absolute atomic E-state index is 12.4. The van der Waals surface area contributed by atoms with Crippen LogP contribution in [0.2, 0.25) is 0 Å². The first kappa shape index (κ1) is 15.1. The fourth-order valence-corrected chi connectivity index (χ4v) is 2.82. The fraction of sp³-hybridized carbons (Fsp3) is 0.846. The Bertz CT molecular complexity index is 370. The van der Waals surface area contributed by atoms with E-state index in [1.165, 1.54) is 4.90 Å². The molecule has 3 atom stereocenters. The quantitative estimate of drug-likeness (QED) is 0.766. The number of hydrogen-bond donors (Lipinski definition) is 2. The monoisotopic (exact) mass is 286 g/mol. The SMILES string of the molecule is CCN(CC1CCCO1)C(=O)N1C[C@@H](O)C[C@H]1C(=O)O. The number of ether oxygens (including phenoxy) is 1. The van der Waals surface area contributed by atoms with Gasteiger partial charge in [-0.3, -0.25) is 0 Å². The van der Waals surface area contributed by atoms with Gasteiger partial charge in [-0.1, -0.05) is 0 Å². The molecule has 2 heterocycles. The van der Waals surface area contributed by atoms with E-state index in [1.54, 1.807) is 4.90 Å². The topological polar surface area (TPSA) is 90.3 Å². The van der Waals surface area contributed by atoms with Crippen molar-refractivity contribution in [3.8, 4) is 0 Å². The molecule has 2 aliphatic rings.